The van der Waals surface area contributed by atoms with Gasteiger partial charge in [-0.05, 0) is 12.8 Å². The summed E-state index contributed by atoms with van der Waals surface area (Å²) in [6.07, 6.45) is 6.19. The van der Waals surface area contributed by atoms with Gasteiger partial charge in [0.1, 0.15) is 24.8 Å². The van der Waals surface area contributed by atoms with E-state index in [1.807, 2.05) is 11.0 Å². The van der Waals surface area contributed by atoms with E-state index < -0.39 is 0 Å². The molecule has 10 nitrogen and oxygen atoms in total. The third kappa shape index (κ3) is 3.80. The first-order valence-corrected chi connectivity index (χ1v) is 9.58. The van der Waals surface area contributed by atoms with E-state index in [4.69, 9.17) is 0 Å². The zero-order chi connectivity index (χ0) is 19.5. The van der Waals surface area contributed by atoms with Gasteiger partial charge in [0.25, 0.3) is 0 Å². The van der Waals surface area contributed by atoms with Gasteiger partial charge in [0.05, 0.1) is 0 Å². The van der Waals surface area contributed by atoms with Crippen LogP contribution in [0.2, 0.25) is 0 Å². The highest BCUT2D eigenvalue weighted by molar-refractivity contribution is 5.80. The lowest BCUT2D eigenvalue weighted by Gasteiger charge is -2.38. The van der Waals surface area contributed by atoms with Gasteiger partial charge in [0, 0.05) is 58.2 Å². The molecule has 0 aliphatic carbocycles. The van der Waals surface area contributed by atoms with Crippen LogP contribution in [0.3, 0.4) is 0 Å². The predicted molar refractivity (Wildman–Crippen MR) is 101 cm³/mol. The van der Waals surface area contributed by atoms with Crippen LogP contribution in [0.4, 0.5) is 5.82 Å². The first-order valence-electron chi connectivity index (χ1n) is 9.58. The van der Waals surface area contributed by atoms with Gasteiger partial charge >= 0.3 is 0 Å². The second-order valence-corrected chi connectivity index (χ2v) is 7.17. The van der Waals surface area contributed by atoms with Crippen molar-refractivity contribution in [3.63, 3.8) is 0 Å². The molecule has 2 amide bonds. The van der Waals surface area contributed by atoms with Crippen molar-refractivity contribution in [3.8, 4) is 5.82 Å². The van der Waals surface area contributed by atoms with Crippen LogP contribution in [0.25, 0.3) is 5.82 Å². The van der Waals surface area contributed by atoms with Crippen LogP contribution in [-0.4, -0.2) is 85.6 Å². The predicted octanol–water partition coefficient (Wildman–Crippen LogP) is -0.0356. The fraction of sp³-hybridized carbons (Fsp3) is 0.556. The number of carbonyl (C=O) groups excluding carboxylic acids is 2. The number of nitrogens with zero attached hydrogens (tertiary/aromatic N) is 8. The van der Waals surface area contributed by atoms with Crippen molar-refractivity contribution < 1.29 is 9.59 Å². The number of anilines is 1. The Morgan fingerprint density at radius 1 is 0.929 bits per heavy atom. The molecule has 2 aliphatic heterocycles. The zero-order valence-electron chi connectivity index (χ0n) is 15.9. The fourth-order valence-corrected chi connectivity index (χ4v) is 3.82. The summed E-state index contributed by atoms with van der Waals surface area (Å²) in [4.78, 5) is 42.7. The highest BCUT2D eigenvalue weighted by Crippen LogP contribution is 2.24. The quantitative estimate of drug-likeness (QED) is 0.732. The summed E-state index contributed by atoms with van der Waals surface area (Å²) in [6.45, 7) is 5.65. The first-order chi connectivity index (χ1) is 13.6. The third-order valence-corrected chi connectivity index (χ3v) is 5.50. The molecule has 0 aromatic carbocycles. The molecule has 2 fully saturated rings. The van der Waals surface area contributed by atoms with E-state index in [9.17, 15) is 9.59 Å². The maximum atomic E-state index is 12.8. The molecule has 2 aromatic rings. The molecule has 0 N–H and O–H groups in total. The van der Waals surface area contributed by atoms with E-state index >= 15 is 0 Å². The molecule has 2 saturated heterocycles. The van der Waals surface area contributed by atoms with E-state index in [0.717, 1.165) is 31.7 Å². The molecule has 2 aliphatic rings. The van der Waals surface area contributed by atoms with E-state index in [2.05, 4.69) is 25.0 Å². The second kappa shape index (κ2) is 7.91. The van der Waals surface area contributed by atoms with Crippen LogP contribution in [0.15, 0.2) is 25.0 Å². The number of hydrogen-bond acceptors (Lipinski definition) is 7. The van der Waals surface area contributed by atoms with Gasteiger partial charge in [0.15, 0.2) is 5.82 Å². The van der Waals surface area contributed by atoms with Gasteiger partial charge in [-0.25, -0.2) is 19.6 Å². The number of piperazine rings is 1. The number of aromatic nitrogens is 5. The summed E-state index contributed by atoms with van der Waals surface area (Å²) in [6, 6.07) is 1.89. The maximum Gasteiger partial charge on any atom is 0.225 e. The fourth-order valence-electron chi connectivity index (χ4n) is 3.82. The Labute approximate surface area is 163 Å². The average molecular weight is 384 g/mol. The van der Waals surface area contributed by atoms with Gasteiger partial charge in [-0.1, -0.05) is 0 Å². The molecule has 4 heterocycles. The minimum absolute atomic E-state index is 0.0387. The smallest absolute Gasteiger partial charge is 0.225 e. The van der Waals surface area contributed by atoms with Crippen molar-refractivity contribution in [2.75, 3.05) is 44.2 Å². The Kier molecular flexibility index (Phi) is 5.18. The van der Waals surface area contributed by atoms with Crippen molar-refractivity contribution in [2.24, 2.45) is 5.92 Å². The van der Waals surface area contributed by atoms with Crippen molar-refractivity contribution >= 4 is 17.6 Å². The number of hydrogen-bond donors (Lipinski definition) is 0. The van der Waals surface area contributed by atoms with Crippen molar-refractivity contribution in [3.05, 3.63) is 25.0 Å². The molecule has 0 radical (unpaired) electrons. The summed E-state index contributed by atoms with van der Waals surface area (Å²) >= 11 is 0. The third-order valence-electron chi connectivity index (χ3n) is 5.50. The first kappa shape index (κ1) is 18.3. The molecule has 0 bridgehead atoms. The van der Waals surface area contributed by atoms with E-state index in [1.165, 1.54) is 12.7 Å². The number of piperidine rings is 1. The average Bonchev–Trinajstić information content (AvgIpc) is 3.28. The van der Waals surface area contributed by atoms with Crippen molar-refractivity contribution in [1.29, 1.82) is 0 Å². The van der Waals surface area contributed by atoms with Crippen molar-refractivity contribution in [1.82, 2.24) is 34.5 Å². The van der Waals surface area contributed by atoms with Gasteiger partial charge in [0.2, 0.25) is 11.8 Å². The molecular formula is C18H24N8O2. The van der Waals surface area contributed by atoms with E-state index in [-0.39, 0.29) is 17.7 Å². The molecular weight excluding hydrogens is 360 g/mol. The highest BCUT2D eigenvalue weighted by Gasteiger charge is 2.31. The molecule has 0 atom stereocenters. The molecule has 28 heavy (non-hydrogen) atoms. The Balaban J connectivity index is 1.33. The minimum atomic E-state index is 0.0387. The molecule has 148 valence electrons. The van der Waals surface area contributed by atoms with Crippen LogP contribution in [0.1, 0.15) is 19.8 Å². The van der Waals surface area contributed by atoms with Crippen LogP contribution >= 0.6 is 0 Å². The number of rotatable bonds is 3. The normalized spacial score (nSPS) is 18.4. The standard InChI is InChI=1S/C18H24N8O2/c1-14(27)23-6-8-25(9-7-23)18(28)15-2-4-24(5-3-15)16-10-17(21-12-20-16)26-13-19-11-22-26/h10-13,15H,2-9H2,1H3. The topological polar surface area (TPSA) is 100 Å². The van der Waals surface area contributed by atoms with Gasteiger partial charge in [-0.15, -0.1) is 0 Å². The summed E-state index contributed by atoms with van der Waals surface area (Å²) in [5, 5.41) is 4.10. The monoisotopic (exact) mass is 384 g/mol. The SMILES string of the molecule is CC(=O)N1CCN(C(=O)C2CCN(c3cc(-n4cncn4)ncn3)CC2)CC1. The molecule has 2 aromatic heterocycles. The zero-order valence-corrected chi connectivity index (χ0v) is 15.9. The van der Waals surface area contributed by atoms with E-state index in [1.54, 1.807) is 22.8 Å². The molecule has 10 heteroatoms. The number of amides is 2. The minimum Gasteiger partial charge on any atom is -0.356 e. The van der Waals surface area contributed by atoms with Crippen LogP contribution in [0, 0.1) is 5.92 Å². The van der Waals surface area contributed by atoms with Crippen LogP contribution < -0.4 is 4.90 Å². The van der Waals surface area contributed by atoms with Crippen LogP contribution in [-0.2, 0) is 9.59 Å². The lowest BCUT2D eigenvalue weighted by atomic mass is 9.95. The second-order valence-electron chi connectivity index (χ2n) is 7.17. The van der Waals surface area contributed by atoms with Gasteiger partial charge in [-0.2, -0.15) is 5.10 Å². The molecule has 0 unspecified atom stereocenters. The van der Waals surface area contributed by atoms with E-state index in [0.29, 0.717) is 32.0 Å². The Morgan fingerprint density at radius 2 is 1.61 bits per heavy atom. The summed E-state index contributed by atoms with van der Waals surface area (Å²) in [7, 11) is 0. The lowest BCUT2D eigenvalue weighted by molar-refractivity contribution is -0.141. The Morgan fingerprint density at radius 3 is 2.25 bits per heavy atom. The lowest BCUT2D eigenvalue weighted by Crippen LogP contribution is -2.52. The molecule has 0 spiro atoms. The summed E-state index contributed by atoms with van der Waals surface area (Å²) in [5.74, 6) is 1.84. The van der Waals surface area contributed by atoms with Gasteiger partial charge < -0.3 is 14.7 Å². The number of carbonyl (C=O) groups is 2. The van der Waals surface area contributed by atoms with Gasteiger partial charge in [-0.3, -0.25) is 9.59 Å². The van der Waals surface area contributed by atoms with Crippen LogP contribution in [0.5, 0.6) is 0 Å². The molecule has 4 rings (SSSR count). The molecule has 0 saturated carbocycles. The Bertz CT molecular complexity index is 824. The Hall–Kier alpha value is -3.04. The highest BCUT2D eigenvalue weighted by atomic mass is 16.2. The largest absolute Gasteiger partial charge is 0.356 e. The summed E-state index contributed by atoms with van der Waals surface area (Å²) < 4.78 is 1.60. The maximum absolute atomic E-state index is 12.8. The van der Waals surface area contributed by atoms with Crippen molar-refractivity contribution in [2.45, 2.75) is 19.8 Å². The summed E-state index contributed by atoms with van der Waals surface area (Å²) in [5.41, 5.74) is 0.